The molecule has 1 aliphatic heterocycles. The molecule has 1 aliphatic rings. The molecule has 5 nitrogen and oxygen atoms in total. The summed E-state index contributed by atoms with van der Waals surface area (Å²) in [6.45, 7) is 3.37. The van der Waals surface area contributed by atoms with Crippen LogP contribution in [0.5, 0.6) is 0 Å². The minimum atomic E-state index is -0.776. The molecule has 2 atom stereocenters. The zero-order valence-corrected chi connectivity index (χ0v) is 13.1. The molecule has 2 aromatic rings. The Hall–Kier alpha value is -2.66. The van der Waals surface area contributed by atoms with E-state index >= 15 is 0 Å². The highest BCUT2D eigenvalue weighted by Crippen LogP contribution is 2.43. The third-order valence-corrected chi connectivity index (χ3v) is 4.21. The lowest BCUT2D eigenvalue weighted by Gasteiger charge is -2.25. The van der Waals surface area contributed by atoms with Gasteiger partial charge in [0.2, 0.25) is 11.8 Å². The molecular formula is C18H19N3O2. The van der Waals surface area contributed by atoms with Crippen molar-refractivity contribution in [3.63, 3.8) is 0 Å². The van der Waals surface area contributed by atoms with Crippen molar-refractivity contribution in [3.8, 4) is 11.1 Å². The minimum Gasteiger partial charge on any atom is -0.398 e. The monoisotopic (exact) mass is 309 g/mol. The molecule has 0 unspecified atom stereocenters. The molecule has 0 radical (unpaired) electrons. The summed E-state index contributed by atoms with van der Waals surface area (Å²) >= 11 is 0. The van der Waals surface area contributed by atoms with Gasteiger partial charge in [-0.05, 0) is 37.1 Å². The van der Waals surface area contributed by atoms with Crippen LogP contribution in [0, 0.1) is 0 Å². The van der Waals surface area contributed by atoms with E-state index < -0.39 is 17.9 Å². The van der Waals surface area contributed by atoms with Crippen LogP contribution in [0.25, 0.3) is 11.1 Å². The SMILES string of the molecule is C[C@H](N)C(=O)N1C(=O)[C@@H](C)c2ccccc2-c2c(N)cccc21. The number of nitrogens with two attached hydrogens (primary N) is 2. The maximum Gasteiger partial charge on any atom is 0.250 e. The van der Waals surface area contributed by atoms with E-state index in [-0.39, 0.29) is 5.91 Å². The molecule has 5 heteroatoms. The van der Waals surface area contributed by atoms with Crippen LogP contribution in [0.4, 0.5) is 11.4 Å². The van der Waals surface area contributed by atoms with Gasteiger partial charge in [0.05, 0.1) is 17.6 Å². The van der Waals surface area contributed by atoms with Gasteiger partial charge in [-0.1, -0.05) is 30.3 Å². The van der Waals surface area contributed by atoms with E-state index in [0.717, 1.165) is 11.1 Å². The van der Waals surface area contributed by atoms with E-state index in [4.69, 9.17) is 11.5 Å². The normalized spacial score (nSPS) is 18.0. The van der Waals surface area contributed by atoms with Crippen LogP contribution in [0.2, 0.25) is 0 Å². The zero-order valence-electron chi connectivity index (χ0n) is 13.1. The van der Waals surface area contributed by atoms with Crippen LogP contribution in [0.1, 0.15) is 25.3 Å². The average molecular weight is 309 g/mol. The molecular weight excluding hydrogens is 290 g/mol. The van der Waals surface area contributed by atoms with Gasteiger partial charge < -0.3 is 11.5 Å². The third-order valence-electron chi connectivity index (χ3n) is 4.21. The second kappa shape index (κ2) is 5.52. The molecule has 1 heterocycles. The number of benzene rings is 2. The van der Waals surface area contributed by atoms with Gasteiger partial charge in [0.1, 0.15) is 0 Å². The van der Waals surface area contributed by atoms with Crippen LogP contribution in [-0.4, -0.2) is 17.9 Å². The number of amides is 2. The molecule has 4 N–H and O–H groups in total. The molecule has 23 heavy (non-hydrogen) atoms. The predicted molar refractivity (Wildman–Crippen MR) is 90.8 cm³/mol. The first kappa shape index (κ1) is 15.2. The molecule has 0 bridgehead atoms. The number of nitrogens with zero attached hydrogens (tertiary/aromatic N) is 1. The minimum absolute atomic E-state index is 0.288. The summed E-state index contributed by atoms with van der Waals surface area (Å²) in [7, 11) is 0. The maximum atomic E-state index is 12.9. The van der Waals surface area contributed by atoms with Gasteiger partial charge in [0, 0.05) is 11.3 Å². The van der Waals surface area contributed by atoms with E-state index in [1.165, 1.54) is 4.90 Å². The fourth-order valence-corrected chi connectivity index (χ4v) is 3.02. The lowest BCUT2D eigenvalue weighted by Crippen LogP contribution is -2.46. The van der Waals surface area contributed by atoms with Gasteiger partial charge >= 0.3 is 0 Å². The molecule has 3 rings (SSSR count). The fraction of sp³-hybridized carbons (Fsp3) is 0.222. The van der Waals surface area contributed by atoms with Gasteiger partial charge in [-0.2, -0.15) is 0 Å². The Balaban J connectivity index is 2.36. The van der Waals surface area contributed by atoms with Gasteiger partial charge in [-0.3, -0.25) is 9.59 Å². The Bertz CT molecular complexity index is 799. The lowest BCUT2D eigenvalue weighted by atomic mass is 9.92. The first-order valence-corrected chi connectivity index (χ1v) is 7.54. The Labute approximate surface area is 134 Å². The number of carbonyl (C=O) groups excluding carboxylic acids is 2. The predicted octanol–water partition coefficient (Wildman–Crippen LogP) is 2.26. The quantitative estimate of drug-likeness (QED) is 0.791. The smallest absolute Gasteiger partial charge is 0.250 e. The summed E-state index contributed by atoms with van der Waals surface area (Å²) in [5.74, 6) is -1.17. The van der Waals surface area contributed by atoms with Crippen molar-refractivity contribution in [1.82, 2.24) is 0 Å². The van der Waals surface area contributed by atoms with Crippen molar-refractivity contribution in [2.24, 2.45) is 5.73 Å². The summed E-state index contributed by atoms with van der Waals surface area (Å²) in [5.41, 5.74) is 15.4. The summed E-state index contributed by atoms with van der Waals surface area (Å²) in [6, 6.07) is 12.1. The van der Waals surface area contributed by atoms with Gasteiger partial charge in [-0.25, -0.2) is 4.90 Å². The first-order valence-electron chi connectivity index (χ1n) is 7.54. The number of imide groups is 1. The molecule has 2 aromatic carbocycles. The summed E-state index contributed by atoms with van der Waals surface area (Å²) in [5, 5.41) is 0. The number of hydrogen-bond acceptors (Lipinski definition) is 4. The van der Waals surface area contributed by atoms with E-state index in [1.807, 2.05) is 24.3 Å². The van der Waals surface area contributed by atoms with E-state index in [2.05, 4.69) is 0 Å². The number of rotatable bonds is 1. The molecule has 0 saturated carbocycles. The Morgan fingerprint density at radius 1 is 1.17 bits per heavy atom. The van der Waals surface area contributed by atoms with Crippen LogP contribution in [-0.2, 0) is 9.59 Å². The van der Waals surface area contributed by atoms with Crippen molar-refractivity contribution in [2.75, 3.05) is 10.6 Å². The van der Waals surface area contributed by atoms with Crippen LogP contribution in [0.15, 0.2) is 42.5 Å². The molecule has 0 spiro atoms. The Morgan fingerprint density at radius 3 is 2.57 bits per heavy atom. The van der Waals surface area contributed by atoms with E-state index in [0.29, 0.717) is 16.9 Å². The van der Waals surface area contributed by atoms with Crippen LogP contribution < -0.4 is 16.4 Å². The van der Waals surface area contributed by atoms with Crippen molar-refractivity contribution in [2.45, 2.75) is 25.8 Å². The van der Waals surface area contributed by atoms with E-state index in [1.54, 1.807) is 32.0 Å². The molecule has 0 saturated heterocycles. The number of carbonyl (C=O) groups is 2. The lowest BCUT2D eigenvalue weighted by molar-refractivity contribution is -0.127. The molecule has 0 fully saturated rings. The van der Waals surface area contributed by atoms with Crippen LogP contribution >= 0.6 is 0 Å². The largest absolute Gasteiger partial charge is 0.398 e. The Kier molecular flexibility index (Phi) is 3.66. The standard InChI is InChI=1S/C18H19N3O2/c1-10-12-6-3-4-7-13(12)16-14(20)8-5-9-15(16)21(17(10)22)18(23)11(2)19/h3-11H,19-20H2,1-2H3/t10-,11-/m0/s1. The second-order valence-corrected chi connectivity index (χ2v) is 5.85. The zero-order chi connectivity index (χ0) is 16.7. The summed E-state index contributed by atoms with van der Waals surface area (Å²) in [6.07, 6.45) is 0. The molecule has 0 aliphatic carbocycles. The van der Waals surface area contributed by atoms with Crippen molar-refractivity contribution in [3.05, 3.63) is 48.0 Å². The highest BCUT2D eigenvalue weighted by atomic mass is 16.2. The van der Waals surface area contributed by atoms with Crippen LogP contribution in [0.3, 0.4) is 0 Å². The molecule has 0 aromatic heterocycles. The maximum absolute atomic E-state index is 12.9. The fourth-order valence-electron chi connectivity index (χ4n) is 3.02. The summed E-state index contributed by atoms with van der Waals surface area (Å²) < 4.78 is 0. The topological polar surface area (TPSA) is 89.4 Å². The van der Waals surface area contributed by atoms with Gasteiger partial charge in [0.25, 0.3) is 0 Å². The van der Waals surface area contributed by atoms with Crippen molar-refractivity contribution < 1.29 is 9.59 Å². The number of fused-ring (bicyclic) bond motifs is 3. The highest BCUT2D eigenvalue weighted by molar-refractivity contribution is 6.22. The number of nitrogen functional groups attached to an aromatic ring is 1. The van der Waals surface area contributed by atoms with Gasteiger partial charge in [-0.15, -0.1) is 0 Å². The number of anilines is 2. The third kappa shape index (κ3) is 2.29. The summed E-state index contributed by atoms with van der Waals surface area (Å²) in [4.78, 5) is 26.7. The van der Waals surface area contributed by atoms with Crippen molar-refractivity contribution in [1.29, 1.82) is 0 Å². The average Bonchev–Trinajstić information content (AvgIpc) is 2.62. The van der Waals surface area contributed by atoms with Gasteiger partial charge in [0.15, 0.2) is 0 Å². The molecule has 118 valence electrons. The first-order chi connectivity index (χ1) is 10.9. The number of hydrogen-bond donors (Lipinski definition) is 2. The Morgan fingerprint density at radius 2 is 1.87 bits per heavy atom. The van der Waals surface area contributed by atoms with E-state index in [9.17, 15) is 9.59 Å². The molecule has 2 amide bonds. The van der Waals surface area contributed by atoms with Crippen molar-refractivity contribution >= 4 is 23.2 Å². The second-order valence-electron chi connectivity index (χ2n) is 5.85. The highest BCUT2D eigenvalue weighted by Gasteiger charge is 2.36.